The molecule has 2 heterocycles. The standard InChI is InChI=1S/C8H16N2O2/c11-6-5-10-8(7(6)12)1-3-9-4-2-8/h6-7,9-12H,1-5H2. The number of rotatable bonds is 0. The Morgan fingerprint density at radius 3 is 2.33 bits per heavy atom. The first kappa shape index (κ1) is 8.44. The van der Waals surface area contributed by atoms with Gasteiger partial charge in [0.15, 0.2) is 0 Å². The molecule has 0 saturated carbocycles. The molecule has 12 heavy (non-hydrogen) atoms. The molecule has 2 atom stereocenters. The molecule has 1 spiro atoms. The van der Waals surface area contributed by atoms with Gasteiger partial charge in [-0.1, -0.05) is 0 Å². The Labute approximate surface area is 72.0 Å². The van der Waals surface area contributed by atoms with Crippen LogP contribution in [0.5, 0.6) is 0 Å². The maximum Gasteiger partial charge on any atom is 0.0993 e. The van der Waals surface area contributed by atoms with E-state index in [9.17, 15) is 10.2 Å². The molecule has 2 rings (SSSR count). The molecule has 2 unspecified atom stereocenters. The molecular formula is C8H16N2O2. The van der Waals surface area contributed by atoms with Crippen molar-refractivity contribution < 1.29 is 10.2 Å². The van der Waals surface area contributed by atoms with Crippen LogP contribution >= 0.6 is 0 Å². The molecule has 4 heteroatoms. The molecule has 4 N–H and O–H groups in total. The van der Waals surface area contributed by atoms with Crippen LogP contribution in [-0.4, -0.2) is 47.6 Å². The molecule has 0 aliphatic carbocycles. The number of hydrogen-bond donors (Lipinski definition) is 4. The van der Waals surface area contributed by atoms with Gasteiger partial charge < -0.3 is 20.8 Å². The van der Waals surface area contributed by atoms with Crippen LogP contribution in [0.2, 0.25) is 0 Å². The van der Waals surface area contributed by atoms with Gasteiger partial charge in [0, 0.05) is 12.1 Å². The molecule has 0 aromatic carbocycles. The van der Waals surface area contributed by atoms with Crippen molar-refractivity contribution in [3.63, 3.8) is 0 Å². The first-order chi connectivity index (χ1) is 5.75. The zero-order chi connectivity index (χ0) is 8.60. The molecule has 0 aromatic rings. The zero-order valence-corrected chi connectivity index (χ0v) is 7.08. The first-order valence-corrected chi connectivity index (χ1v) is 4.56. The highest BCUT2D eigenvalue weighted by atomic mass is 16.3. The monoisotopic (exact) mass is 172 g/mol. The summed E-state index contributed by atoms with van der Waals surface area (Å²) in [5.41, 5.74) is -0.204. The van der Waals surface area contributed by atoms with E-state index in [0.717, 1.165) is 25.9 Å². The Hall–Kier alpha value is -0.160. The van der Waals surface area contributed by atoms with Crippen molar-refractivity contribution in [2.24, 2.45) is 0 Å². The zero-order valence-electron chi connectivity index (χ0n) is 7.08. The molecular weight excluding hydrogens is 156 g/mol. The predicted molar refractivity (Wildman–Crippen MR) is 44.9 cm³/mol. The molecule has 2 aliphatic heterocycles. The van der Waals surface area contributed by atoms with E-state index in [-0.39, 0.29) is 5.54 Å². The molecule has 2 saturated heterocycles. The number of aliphatic hydroxyl groups excluding tert-OH is 2. The third-order valence-corrected chi connectivity index (χ3v) is 3.09. The van der Waals surface area contributed by atoms with Gasteiger partial charge in [0.05, 0.1) is 12.2 Å². The first-order valence-electron chi connectivity index (χ1n) is 4.56. The minimum atomic E-state index is -0.584. The van der Waals surface area contributed by atoms with E-state index in [1.54, 1.807) is 0 Å². The highest BCUT2D eigenvalue weighted by Gasteiger charge is 2.47. The summed E-state index contributed by atoms with van der Waals surface area (Å²) >= 11 is 0. The lowest BCUT2D eigenvalue weighted by molar-refractivity contribution is 0.000732. The van der Waals surface area contributed by atoms with E-state index >= 15 is 0 Å². The molecule has 2 aliphatic rings. The Kier molecular flexibility index (Phi) is 2.08. The Morgan fingerprint density at radius 2 is 1.83 bits per heavy atom. The molecule has 0 bridgehead atoms. The average Bonchev–Trinajstić information content (AvgIpc) is 2.37. The summed E-state index contributed by atoms with van der Waals surface area (Å²) in [5, 5.41) is 25.6. The lowest BCUT2D eigenvalue weighted by Crippen LogP contribution is -2.55. The van der Waals surface area contributed by atoms with Crippen LogP contribution in [0.4, 0.5) is 0 Å². The Bertz CT molecular complexity index is 163. The highest BCUT2D eigenvalue weighted by molar-refractivity contribution is 5.06. The van der Waals surface area contributed by atoms with Gasteiger partial charge in [0.2, 0.25) is 0 Å². The maximum atomic E-state index is 9.73. The molecule has 0 radical (unpaired) electrons. The van der Waals surface area contributed by atoms with E-state index in [2.05, 4.69) is 10.6 Å². The van der Waals surface area contributed by atoms with Crippen molar-refractivity contribution in [3.05, 3.63) is 0 Å². The second-order valence-corrected chi connectivity index (χ2v) is 3.80. The molecule has 0 amide bonds. The Balaban J connectivity index is 2.09. The van der Waals surface area contributed by atoms with Crippen molar-refractivity contribution >= 4 is 0 Å². The fraction of sp³-hybridized carbons (Fsp3) is 1.00. The van der Waals surface area contributed by atoms with Crippen LogP contribution in [0, 0.1) is 0 Å². The Morgan fingerprint density at radius 1 is 1.17 bits per heavy atom. The van der Waals surface area contributed by atoms with Crippen LogP contribution in [-0.2, 0) is 0 Å². The highest BCUT2D eigenvalue weighted by Crippen LogP contribution is 2.28. The van der Waals surface area contributed by atoms with Gasteiger partial charge >= 0.3 is 0 Å². The summed E-state index contributed by atoms with van der Waals surface area (Å²) in [4.78, 5) is 0. The number of piperidine rings is 1. The summed E-state index contributed by atoms with van der Waals surface area (Å²) in [6.45, 7) is 2.38. The minimum absolute atomic E-state index is 0.204. The van der Waals surface area contributed by atoms with Crippen LogP contribution in [0.25, 0.3) is 0 Å². The largest absolute Gasteiger partial charge is 0.389 e. The van der Waals surface area contributed by atoms with Crippen LogP contribution in [0.15, 0.2) is 0 Å². The third-order valence-electron chi connectivity index (χ3n) is 3.09. The van der Waals surface area contributed by atoms with Crippen LogP contribution in [0.3, 0.4) is 0 Å². The molecule has 0 aromatic heterocycles. The number of aliphatic hydroxyl groups is 2. The quantitative estimate of drug-likeness (QED) is 0.356. The summed E-state index contributed by atoms with van der Waals surface area (Å²) in [6.07, 6.45) is 0.652. The van der Waals surface area contributed by atoms with Gasteiger partial charge in [0.1, 0.15) is 0 Å². The van der Waals surface area contributed by atoms with Crippen LogP contribution < -0.4 is 10.6 Å². The van der Waals surface area contributed by atoms with Gasteiger partial charge in [-0.15, -0.1) is 0 Å². The third kappa shape index (κ3) is 1.15. The number of β-amino-alcohol motifs (C(OH)–C–C–N with tert-alkyl or cyclic N) is 1. The molecule has 2 fully saturated rings. The normalized spacial score (nSPS) is 40.5. The van der Waals surface area contributed by atoms with Crippen molar-refractivity contribution in [2.75, 3.05) is 19.6 Å². The predicted octanol–water partition coefficient (Wildman–Crippen LogP) is -1.57. The van der Waals surface area contributed by atoms with E-state index in [1.807, 2.05) is 0 Å². The second-order valence-electron chi connectivity index (χ2n) is 3.80. The van der Waals surface area contributed by atoms with Gasteiger partial charge in [0.25, 0.3) is 0 Å². The van der Waals surface area contributed by atoms with Crippen molar-refractivity contribution in [3.8, 4) is 0 Å². The van der Waals surface area contributed by atoms with E-state index in [1.165, 1.54) is 0 Å². The van der Waals surface area contributed by atoms with Crippen molar-refractivity contribution in [2.45, 2.75) is 30.6 Å². The minimum Gasteiger partial charge on any atom is -0.389 e. The van der Waals surface area contributed by atoms with Gasteiger partial charge in [-0.3, -0.25) is 0 Å². The molecule has 4 nitrogen and oxygen atoms in total. The van der Waals surface area contributed by atoms with Gasteiger partial charge in [-0.25, -0.2) is 0 Å². The molecule has 70 valence electrons. The van der Waals surface area contributed by atoms with Crippen molar-refractivity contribution in [1.82, 2.24) is 10.6 Å². The number of nitrogens with one attached hydrogen (secondary N) is 2. The van der Waals surface area contributed by atoms with E-state index in [0.29, 0.717) is 6.54 Å². The van der Waals surface area contributed by atoms with Gasteiger partial charge in [-0.05, 0) is 25.9 Å². The summed E-state index contributed by atoms with van der Waals surface area (Å²) in [5.74, 6) is 0. The number of hydrogen-bond acceptors (Lipinski definition) is 4. The van der Waals surface area contributed by atoms with Gasteiger partial charge in [-0.2, -0.15) is 0 Å². The average molecular weight is 172 g/mol. The lowest BCUT2D eigenvalue weighted by Gasteiger charge is -2.37. The summed E-state index contributed by atoms with van der Waals surface area (Å²) in [6, 6.07) is 0. The van der Waals surface area contributed by atoms with Crippen LogP contribution in [0.1, 0.15) is 12.8 Å². The van der Waals surface area contributed by atoms with E-state index < -0.39 is 12.2 Å². The lowest BCUT2D eigenvalue weighted by atomic mass is 9.84. The topological polar surface area (TPSA) is 64.5 Å². The smallest absolute Gasteiger partial charge is 0.0993 e. The second kappa shape index (κ2) is 2.96. The fourth-order valence-corrected chi connectivity index (χ4v) is 2.24. The maximum absolute atomic E-state index is 9.73. The fourth-order valence-electron chi connectivity index (χ4n) is 2.24. The summed E-state index contributed by atoms with van der Waals surface area (Å²) < 4.78 is 0. The summed E-state index contributed by atoms with van der Waals surface area (Å²) in [7, 11) is 0. The van der Waals surface area contributed by atoms with E-state index in [4.69, 9.17) is 0 Å². The SMILES string of the molecule is OC1CNC2(CCNCC2)C1O. The van der Waals surface area contributed by atoms with Crippen molar-refractivity contribution in [1.29, 1.82) is 0 Å².